The molecule has 9 heteroatoms. The van der Waals surface area contributed by atoms with Gasteiger partial charge in [-0.2, -0.15) is 13.2 Å². The monoisotopic (exact) mass is 271 g/mol. The van der Waals surface area contributed by atoms with Crippen LogP contribution in [0.15, 0.2) is 5.16 Å². The van der Waals surface area contributed by atoms with Gasteiger partial charge in [-0.25, -0.2) is 0 Å². The first-order chi connectivity index (χ1) is 8.26. The van der Waals surface area contributed by atoms with Gasteiger partial charge in [0.25, 0.3) is 0 Å². The van der Waals surface area contributed by atoms with Gasteiger partial charge in [0.1, 0.15) is 6.54 Å². The molecular weight excluding hydrogens is 255 g/mol. The van der Waals surface area contributed by atoms with E-state index in [1.807, 2.05) is 0 Å². The molecule has 0 saturated heterocycles. The lowest BCUT2D eigenvalue weighted by molar-refractivity contribution is -0.163. The van der Waals surface area contributed by atoms with Crippen LogP contribution in [0.3, 0.4) is 0 Å². The maximum Gasteiger partial charge on any atom is 0.406 e. The summed E-state index contributed by atoms with van der Waals surface area (Å²) in [5.41, 5.74) is 5.24. The van der Waals surface area contributed by atoms with Crippen LogP contribution in [0.25, 0.3) is 0 Å². The highest BCUT2D eigenvalue weighted by Gasteiger charge is 2.35. The van der Waals surface area contributed by atoms with E-state index < -0.39 is 43.5 Å². The number of amidine groups is 1. The Morgan fingerprint density at radius 3 is 2.39 bits per heavy atom. The van der Waals surface area contributed by atoms with Crippen molar-refractivity contribution in [3.05, 3.63) is 0 Å². The first kappa shape index (κ1) is 16.5. The highest BCUT2D eigenvalue weighted by Crippen LogP contribution is 2.18. The highest BCUT2D eigenvalue weighted by molar-refractivity contribution is 6.02. The van der Waals surface area contributed by atoms with Gasteiger partial charge in [-0.05, 0) is 6.42 Å². The lowest BCUT2D eigenvalue weighted by atomic mass is 10.0. The molecule has 18 heavy (non-hydrogen) atoms. The van der Waals surface area contributed by atoms with E-state index in [0.29, 0.717) is 4.90 Å². The van der Waals surface area contributed by atoms with Gasteiger partial charge in [0.2, 0.25) is 5.91 Å². The second-order valence-corrected chi connectivity index (χ2v) is 3.58. The average Bonchev–Trinajstić information content (AvgIpc) is 2.27. The molecular formula is C9H16F3N3O3. The number of aliphatic hydroxyl groups is 1. The Hall–Kier alpha value is -1.51. The number of hydrogen-bond acceptors (Lipinski definition) is 4. The van der Waals surface area contributed by atoms with Crippen LogP contribution in [-0.4, -0.2) is 52.8 Å². The van der Waals surface area contributed by atoms with Crippen molar-refractivity contribution in [2.45, 2.75) is 19.5 Å². The van der Waals surface area contributed by atoms with Crippen molar-refractivity contribution >= 4 is 11.7 Å². The van der Waals surface area contributed by atoms with E-state index in [-0.39, 0.29) is 6.42 Å². The van der Waals surface area contributed by atoms with Gasteiger partial charge in [-0.3, -0.25) is 4.79 Å². The second-order valence-electron chi connectivity index (χ2n) is 3.58. The van der Waals surface area contributed by atoms with Gasteiger partial charge in [0.15, 0.2) is 5.84 Å². The van der Waals surface area contributed by atoms with Gasteiger partial charge >= 0.3 is 6.18 Å². The molecule has 1 unspecified atom stereocenters. The van der Waals surface area contributed by atoms with Gasteiger partial charge in [0, 0.05) is 6.54 Å². The van der Waals surface area contributed by atoms with Crippen molar-refractivity contribution in [3.8, 4) is 0 Å². The van der Waals surface area contributed by atoms with Crippen molar-refractivity contribution in [1.82, 2.24) is 4.90 Å². The number of hydrogen-bond donors (Lipinski definition) is 3. The molecule has 0 rings (SSSR count). The van der Waals surface area contributed by atoms with Crippen molar-refractivity contribution in [1.29, 1.82) is 0 Å². The number of alkyl halides is 3. The van der Waals surface area contributed by atoms with Crippen LogP contribution < -0.4 is 5.73 Å². The number of rotatable bonds is 6. The Kier molecular flexibility index (Phi) is 6.45. The number of oxime groups is 1. The third-order valence-corrected chi connectivity index (χ3v) is 2.23. The summed E-state index contributed by atoms with van der Waals surface area (Å²) in [7, 11) is 0. The molecule has 1 amide bonds. The molecule has 0 radical (unpaired) electrons. The first-order valence-electron chi connectivity index (χ1n) is 5.20. The lowest BCUT2D eigenvalue weighted by Gasteiger charge is -2.26. The molecule has 1 atom stereocenters. The average molecular weight is 271 g/mol. The topological polar surface area (TPSA) is 99.2 Å². The maximum absolute atomic E-state index is 12.3. The Morgan fingerprint density at radius 2 is 2.06 bits per heavy atom. The van der Waals surface area contributed by atoms with Crippen molar-refractivity contribution in [2.75, 3.05) is 19.7 Å². The summed E-state index contributed by atoms with van der Waals surface area (Å²) in [6, 6.07) is 0. The Bertz CT molecular complexity index is 307. The third-order valence-electron chi connectivity index (χ3n) is 2.23. The molecule has 0 aromatic heterocycles. The van der Waals surface area contributed by atoms with E-state index in [1.165, 1.54) is 6.92 Å². The summed E-state index contributed by atoms with van der Waals surface area (Å²) in [4.78, 5) is 12.2. The highest BCUT2D eigenvalue weighted by atomic mass is 19.4. The zero-order valence-corrected chi connectivity index (χ0v) is 9.81. The van der Waals surface area contributed by atoms with Crippen LogP contribution in [0, 0.1) is 5.92 Å². The SMILES string of the molecule is CCC(C(=O)N(CCO)CC(F)(F)F)C(N)=NO. The van der Waals surface area contributed by atoms with Crippen molar-refractivity contribution in [2.24, 2.45) is 16.8 Å². The summed E-state index contributed by atoms with van der Waals surface area (Å²) < 4.78 is 36.8. The normalized spacial score (nSPS) is 14.4. The van der Waals surface area contributed by atoms with Gasteiger partial charge < -0.3 is 20.9 Å². The van der Waals surface area contributed by atoms with Crippen LogP contribution in [0.4, 0.5) is 13.2 Å². The van der Waals surface area contributed by atoms with E-state index in [2.05, 4.69) is 5.16 Å². The molecule has 0 aliphatic carbocycles. The molecule has 6 nitrogen and oxygen atoms in total. The summed E-state index contributed by atoms with van der Waals surface area (Å²) in [6.07, 6.45) is -4.48. The molecule has 4 N–H and O–H groups in total. The predicted octanol–water partition coefficient (Wildman–Crippen LogP) is 0.142. The lowest BCUT2D eigenvalue weighted by Crippen LogP contribution is -2.46. The molecule has 0 heterocycles. The number of carbonyl (C=O) groups excluding carboxylic acids is 1. The van der Waals surface area contributed by atoms with Crippen LogP contribution >= 0.6 is 0 Å². The quantitative estimate of drug-likeness (QED) is 0.277. The largest absolute Gasteiger partial charge is 0.409 e. The third kappa shape index (κ3) is 5.21. The Labute approximate surface area is 102 Å². The van der Waals surface area contributed by atoms with Crippen LogP contribution in [0.2, 0.25) is 0 Å². The van der Waals surface area contributed by atoms with Crippen molar-refractivity contribution in [3.63, 3.8) is 0 Å². The smallest absolute Gasteiger partial charge is 0.406 e. The van der Waals surface area contributed by atoms with E-state index in [4.69, 9.17) is 16.0 Å². The fourth-order valence-electron chi connectivity index (χ4n) is 1.40. The van der Waals surface area contributed by atoms with E-state index >= 15 is 0 Å². The van der Waals surface area contributed by atoms with Gasteiger partial charge in [-0.1, -0.05) is 12.1 Å². The van der Waals surface area contributed by atoms with Gasteiger partial charge in [-0.15, -0.1) is 0 Å². The fourth-order valence-corrected chi connectivity index (χ4v) is 1.40. The van der Waals surface area contributed by atoms with Gasteiger partial charge in [0.05, 0.1) is 12.5 Å². The zero-order valence-electron chi connectivity index (χ0n) is 9.81. The summed E-state index contributed by atoms with van der Waals surface area (Å²) in [5.74, 6) is -2.52. The predicted molar refractivity (Wildman–Crippen MR) is 56.9 cm³/mol. The van der Waals surface area contributed by atoms with E-state index in [0.717, 1.165) is 0 Å². The minimum absolute atomic E-state index is 0.0918. The number of amides is 1. The summed E-state index contributed by atoms with van der Waals surface area (Å²) >= 11 is 0. The molecule has 0 fully saturated rings. The molecule has 0 aliphatic heterocycles. The van der Waals surface area contributed by atoms with E-state index in [1.54, 1.807) is 0 Å². The minimum Gasteiger partial charge on any atom is -0.409 e. The fraction of sp³-hybridized carbons (Fsp3) is 0.778. The number of halogens is 3. The first-order valence-corrected chi connectivity index (χ1v) is 5.20. The minimum atomic E-state index is -4.58. The summed E-state index contributed by atoms with van der Waals surface area (Å²) in [5, 5.41) is 19.7. The molecule has 0 saturated carbocycles. The standard InChI is InChI=1S/C9H16F3N3O3/c1-2-6(7(13)14-18)8(17)15(3-4-16)5-9(10,11)12/h6,16,18H,2-5H2,1H3,(H2,13,14). The number of nitrogens with two attached hydrogens (primary N) is 1. The van der Waals surface area contributed by atoms with Crippen molar-refractivity contribution < 1.29 is 28.3 Å². The molecule has 0 aromatic rings. The molecule has 0 spiro atoms. The molecule has 0 aromatic carbocycles. The van der Waals surface area contributed by atoms with Crippen LogP contribution in [-0.2, 0) is 4.79 Å². The maximum atomic E-state index is 12.3. The van der Waals surface area contributed by atoms with E-state index in [9.17, 15) is 18.0 Å². The molecule has 0 aliphatic rings. The number of carbonyl (C=O) groups is 1. The second kappa shape index (κ2) is 7.04. The Morgan fingerprint density at radius 1 is 1.50 bits per heavy atom. The Balaban J connectivity index is 4.94. The molecule has 0 bridgehead atoms. The van der Waals surface area contributed by atoms with Crippen LogP contribution in [0.5, 0.6) is 0 Å². The summed E-state index contributed by atoms with van der Waals surface area (Å²) in [6.45, 7) is -1.03. The molecule has 106 valence electrons. The zero-order chi connectivity index (χ0) is 14.3. The van der Waals surface area contributed by atoms with Crippen LogP contribution in [0.1, 0.15) is 13.3 Å². The number of nitrogens with zero attached hydrogens (tertiary/aromatic N) is 2. The number of aliphatic hydroxyl groups excluding tert-OH is 1.